The highest BCUT2D eigenvalue weighted by Crippen LogP contribution is 2.18. The first kappa shape index (κ1) is 14.5. The van der Waals surface area contributed by atoms with Gasteiger partial charge in [0.05, 0.1) is 5.56 Å². The van der Waals surface area contributed by atoms with E-state index < -0.39 is 5.82 Å². The Balaban J connectivity index is 2.23. The van der Waals surface area contributed by atoms with Crippen LogP contribution in [0.3, 0.4) is 0 Å². The second kappa shape index (κ2) is 6.53. The van der Waals surface area contributed by atoms with Crippen molar-refractivity contribution in [3.05, 3.63) is 70.5 Å². The van der Waals surface area contributed by atoms with E-state index in [1.807, 2.05) is 37.3 Å². The van der Waals surface area contributed by atoms with E-state index in [1.165, 1.54) is 18.2 Å². The molecular formula is C16H15ClFNO. The van der Waals surface area contributed by atoms with E-state index in [0.717, 1.165) is 5.56 Å². The molecule has 0 aromatic heterocycles. The largest absolute Gasteiger partial charge is 0.335 e. The van der Waals surface area contributed by atoms with Crippen LogP contribution in [-0.2, 0) is 6.54 Å². The lowest BCUT2D eigenvalue weighted by Gasteiger charge is -2.21. The summed E-state index contributed by atoms with van der Waals surface area (Å²) >= 11 is 5.83. The Labute approximate surface area is 122 Å². The van der Waals surface area contributed by atoms with Crippen LogP contribution in [0.5, 0.6) is 0 Å². The van der Waals surface area contributed by atoms with Crippen LogP contribution in [0.25, 0.3) is 0 Å². The van der Waals surface area contributed by atoms with Crippen molar-refractivity contribution in [2.24, 2.45) is 0 Å². The SMILES string of the molecule is CCN(Cc1ccccc1)C(=O)c1cc(Cl)ccc1F. The Morgan fingerprint density at radius 2 is 1.90 bits per heavy atom. The van der Waals surface area contributed by atoms with Crippen LogP contribution in [0.1, 0.15) is 22.8 Å². The highest BCUT2D eigenvalue weighted by molar-refractivity contribution is 6.31. The van der Waals surface area contributed by atoms with Gasteiger partial charge in [0, 0.05) is 18.1 Å². The summed E-state index contributed by atoms with van der Waals surface area (Å²) < 4.78 is 13.7. The van der Waals surface area contributed by atoms with Crippen molar-refractivity contribution in [2.45, 2.75) is 13.5 Å². The minimum atomic E-state index is -0.550. The summed E-state index contributed by atoms with van der Waals surface area (Å²) in [5.74, 6) is -0.901. The fraction of sp³-hybridized carbons (Fsp3) is 0.188. The normalized spacial score (nSPS) is 10.3. The molecular weight excluding hydrogens is 277 g/mol. The molecule has 0 fully saturated rings. The topological polar surface area (TPSA) is 20.3 Å². The van der Waals surface area contributed by atoms with Gasteiger partial charge in [-0.05, 0) is 30.7 Å². The van der Waals surface area contributed by atoms with Crippen LogP contribution >= 0.6 is 11.6 Å². The summed E-state index contributed by atoms with van der Waals surface area (Å²) in [4.78, 5) is 14.0. The summed E-state index contributed by atoms with van der Waals surface area (Å²) in [6.45, 7) is 2.81. The minimum Gasteiger partial charge on any atom is -0.335 e. The van der Waals surface area contributed by atoms with E-state index in [-0.39, 0.29) is 11.5 Å². The van der Waals surface area contributed by atoms with Crippen molar-refractivity contribution in [1.82, 2.24) is 4.90 Å². The fourth-order valence-electron chi connectivity index (χ4n) is 1.96. The molecule has 4 heteroatoms. The van der Waals surface area contributed by atoms with Gasteiger partial charge in [-0.1, -0.05) is 41.9 Å². The van der Waals surface area contributed by atoms with E-state index in [9.17, 15) is 9.18 Å². The summed E-state index contributed by atoms with van der Waals surface area (Å²) in [6, 6.07) is 13.6. The van der Waals surface area contributed by atoms with Gasteiger partial charge in [-0.15, -0.1) is 0 Å². The van der Waals surface area contributed by atoms with Crippen LogP contribution in [0.2, 0.25) is 5.02 Å². The van der Waals surface area contributed by atoms with Gasteiger partial charge in [0.25, 0.3) is 5.91 Å². The third kappa shape index (κ3) is 3.36. The Kier molecular flexibility index (Phi) is 4.74. The van der Waals surface area contributed by atoms with E-state index in [2.05, 4.69) is 0 Å². The molecule has 0 aliphatic heterocycles. The molecule has 2 rings (SSSR count). The van der Waals surface area contributed by atoms with Gasteiger partial charge >= 0.3 is 0 Å². The Hall–Kier alpha value is -1.87. The van der Waals surface area contributed by atoms with Gasteiger partial charge in [0.15, 0.2) is 0 Å². The standard InChI is InChI=1S/C16H15ClFNO/c1-2-19(11-12-6-4-3-5-7-12)16(20)14-10-13(17)8-9-15(14)18/h3-10H,2,11H2,1H3. The van der Waals surface area contributed by atoms with Crippen LogP contribution in [0.4, 0.5) is 4.39 Å². The zero-order chi connectivity index (χ0) is 14.5. The summed E-state index contributed by atoms with van der Waals surface area (Å²) in [5, 5.41) is 0.352. The molecule has 0 N–H and O–H groups in total. The number of amides is 1. The average molecular weight is 292 g/mol. The van der Waals surface area contributed by atoms with Gasteiger partial charge in [-0.3, -0.25) is 4.79 Å². The highest BCUT2D eigenvalue weighted by Gasteiger charge is 2.18. The lowest BCUT2D eigenvalue weighted by atomic mass is 10.1. The van der Waals surface area contributed by atoms with Crippen molar-refractivity contribution in [3.8, 4) is 0 Å². The van der Waals surface area contributed by atoms with E-state index in [1.54, 1.807) is 4.90 Å². The second-order valence-corrected chi connectivity index (χ2v) is 4.87. The molecule has 0 radical (unpaired) electrons. The highest BCUT2D eigenvalue weighted by atomic mass is 35.5. The first-order valence-electron chi connectivity index (χ1n) is 6.40. The molecule has 0 atom stereocenters. The van der Waals surface area contributed by atoms with Gasteiger partial charge in [0.2, 0.25) is 0 Å². The van der Waals surface area contributed by atoms with Gasteiger partial charge in [-0.2, -0.15) is 0 Å². The molecule has 2 nitrogen and oxygen atoms in total. The zero-order valence-electron chi connectivity index (χ0n) is 11.1. The first-order chi connectivity index (χ1) is 9.61. The zero-order valence-corrected chi connectivity index (χ0v) is 11.9. The lowest BCUT2D eigenvalue weighted by molar-refractivity contribution is 0.0748. The van der Waals surface area contributed by atoms with Gasteiger partial charge < -0.3 is 4.90 Å². The quantitative estimate of drug-likeness (QED) is 0.829. The fourth-order valence-corrected chi connectivity index (χ4v) is 2.13. The minimum absolute atomic E-state index is 0.00952. The number of rotatable bonds is 4. The number of carbonyl (C=O) groups excluding carboxylic acids is 1. The molecule has 20 heavy (non-hydrogen) atoms. The molecule has 0 saturated carbocycles. The van der Waals surface area contributed by atoms with Crippen molar-refractivity contribution in [2.75, 3.05) is 6.54 Å². The van der Waals surface area contributed by atoms with Crippen molar-refractivity contribution >= 4 is 17.5 Å². The third-order valence-electron chi connectivity index (χ3n) is 3.04. The van der Waals surface area contributed by atoms with Crippen molar-refractivity contribution in [1.29, 1.82) is 0 Å². The number of carbonyl (C=O) groups is 1. The predicted molar refractivity (Wildman–Crippen MR) is 78.3 cm³/mol. The molecule has 0 saturated heterocycles. The average Bonchev–Trinajstić information content (AvgIpc) is 2.47. The maximum absolute atomic E-state index is 13.7. The van der Waals surface area contributed by atoms with Crippen LogP contribution in [0, 0.1) is 5.82 Å². The molecule has 0 aliphatic carbocycles. The Morgan fingerprint density at radius 3 is 2.55 bits per heavy atom. The van der Waals surface area contributed by atoms with Gasteiger partial charge in [0.1, 0.15) is 5.82 Å². The number of benzene rings is 2. The second-order valence-electron chi connectivity index (χ2n) is 4.43. The van der Waals surface area contributed by atoms with E-state index in [0.29, 0.717) is 18.1 Å². The van der Waals surface area contributed by atoms with Crippen molar-refractivity contribution < 1.29 is 9.18 Å². The molecule has 0 unspecified atom stereocenters. The van der Waals surface area contributed by atoms with E-state index in [4.69, 9.17) is 11.6 Å². The number of nitrogens with zero attached hydrogens (tertiary/aromatic N) is 1. The number of halogens is 2. The molecule has 0 aliphatic rings. The van der Waals surface area contributed by atoms with Crippen LogP contribution in [0.15, 0.2) is 48.5 Å². The molecule has 0 bridgehead atoms. The Bertz CT molecular complexity index is 601. The van der Waals surface area contributed by atoms with E-state index >= 15 is 0 Å². The predicted octanol–water partition coefficient (Wildman–Crippen LogP) is 4.14. The van der Waals surface area contributed by atoms with Gasteiger partial charge in [-0.25, -0.2) is 4.39 Å². The first-order valence-corrected chi connectivity index (χ1v) is 6.78. The maximum Gasteiger partial charge on any atom is 0.257 e. The van der Waals surface area contributed by atoms with Crippen molar-refractivity contribution in [3.63, 3.8) is 0 Å². The molecule has 0 heterocycles. The molecule has 104 valence electrons. The smallest absolute Gasteiger partial charge is 0.257 e. The third-order valence-corrected chi connectivity index (χ3v) is 3.28. The Morgan fingerprint density at radius 1 is 1.20 bits per heavy atom. The lowest BCUT2D eigenvalue weighted by Crippen LogP contribution is -2.31. The van der Waals surface area contributed by atoms with Crippen LogP contribution < -0.4 is 0 Å². The molecule has 0 spiro atoms. The number of hydrogen-bond acceptors (Lipinski definition) is 1. The van der Waals surface area contributed by atoms with Crippen LogP contribution in [-0.4, -0.2) is 17.4 Å². The summed E-state index contributed by atoms with van der Waals surface area (Å²) in [6.07, 6.45) is 0. The molecule has 2 aromatic rings. The monoisotopic (exact) mass is 291 g/mol. The molecule has 2 aromatic carbocycles. The number of hydrogen-bond donors (Lipinski definition) is 0. The summed E-state index contributed by atoms with van der Waals surface area (Å²) in [5.41, 5.74) is 1.01. The molecule has 1 amide bonds. The summed E-state index contributed by atoms with van der Waals surface area (Å²) in [7, 11) is 0. The maximum atomic E-state index is 13.7.